The van der Waals surface area contributed by atoms with E-state index in [2.05, 4.69) is 6.92 Å². The van der Waals surface area contributed by atoms with Gasteiger partial charge in [-0.1, -0.05) is 58.3 Å². The Morgan fingerprint density at radius 2 is 1.49 bits per heavy atom. The second kappa shape index (κ2) is 12.3. The van der Waals surface area contributed by atoms with E-state index in [1.54, 1.807) is 0 Å². The minimum Gasteiger partial charge on any atom is -0.426 e. The van der Waals surface area contributed by atoms with E-state index in [0.717, 1.165) is 43.6 Å². The van der Waals surface area contributed by atoms with Crippen LogP contribution < -0.4 is 4.74 Å². The van der Waals surface area contributed by atoms with Crippen LogP contribution in [0.1, 0.15) is 96.8 Å². The molecule has 0 N–H and O–H groups in total. The zero-order valence-corrected chi connectivity index (χ0v) is 21.0. The number of hydrogen-bond donors (Lipinski definition) is 0. The van der Waals surface area contributed by atoms with E-state index >= 15 is 0 Å². The number of carbonyl (C=O) groups is 1. The Labute approximate surface area is 207 Å². The summed E-state index contributed by atoms with van der Waals surface area (Å²) in [6.45, 7) is 2.26. The van der Waals surface area contributed by atoms with Gasteiger partial charge in [0.1, 0.15) is 5.75 Å². The number of unbranched alkanes of at least 4 members (excludes halogenated alkanes) is 4. The van der Waals surface area contributed by atoms with E-state index in [4.69, 9.17) is 4.74 Å². The molecule has 2 aromatic carbocycles. The summed E-state index contributed by atoms with van der Waals surface area (Å²) in [5.41, 5.74) is 0. The van der Waals surface area contributed by atoms with E-state index in [1.165, 1.54) is 82.4 Å². The monoisotopic (exact) mass is 488 g/mol. The predicted molar refractivity (Wildman–Crippen MR) is 134 cm³/mol. The van der Waals surface area contributed by atoms with Crippen LogP contribution in [0.5, 0.6) is 5.75 Å². The Morgan fingerprint density at radius 1 is 0.829 bits per heavy atom. The lowest BCUT2D eigenvalue weighted by Crippen LogP contribution is -2.30. The second-order valence-electron chi connectivity index (χ2n) is 10.9. The van der Waals surface area contributed by atoms with Crippen molar-refractivity contribution in [2.45, 2.75) is 96.8 Å². The van der Waals surface area contributed by atoms with Crippen LogP contribution >= 0.6 is 0 Å². The molecule has 4 rings (SSSR count). The van der Waals surface area contributed by atoms with Crippen molar-refractivity contribution in [1.82, 2.24) is 0 Å². The molecule has 0 spiro atoms. The van der Waals surface area contributed by atoms with Crippen LogP contribution in [0.3, 0.4) is 0 Å². The van der Waals surface area contributed by atoms with Gasteiger partial charge in [0.2, 0.25) is 0 Å². The summed E-state index contributed by atoms with van der Waals surface area (Å²) in [7, 11) is 0. The van der Waals surface area contributed by atoms with E-state index in [1.807, 2.05) is 0 Å². The summed E-state index contributed by atoms with van der Waals surface area (Å²) in [6.07, 6.45) is 17.5. The molecule has 0 amide bonds. The second-order valence-corrected chi connectivity index (χ2v) is 10.9. The van der Waals surface area contributed by atoms with Crippen molar-refractivity contribution in [2.24, 2.45) is 23.7 Å². The van der Waals surface area contributed by atoms with E-state index in [0.29, 0.717) is 5.92 Å². The maximum absolute atomic E-state index is 13.9. The molecule has 0 atom stereocenters. The molecule has 35 heavy (non-hydrogen) atoms. The molecule has 2 fully saturated rings. The topological polar surface area (TPSA) is 26.3 Å². The first-order valence-corrected chi connectivity index (χ1v) is 13.7. The number of halogens is 3. The van der Waals surface area contributed by atoms with Crippen molar-refractivity contribution in [3.8, 4) is 5.75 Å². The van der Waals surface area contributed by atoms with Gasteiger partial charge in [-0.3, -0.25) is 4.79 Å². The highest BCUT2D eigenvalue weighted by atomic mass is 19.2. The van der Waals surface area contributed by atoms with Crippen LogP contribution in [-0.2, 0) is 4.79 Å². The molecule has 0 aromatic heterocycles. The lowest BCUT2D eigenvalue weighted by atomic mass is 9.68. The number of hydrogen-bond acceptors (Lipinski definition) is 2. The van der Waals surface area contributed by atoms with Gasteiger partial charge >= 0.3 is 5.97 Å². The molecule has 0 aliphatic heterocycles. The van der Waals surface area contributed by atoms with Gasteiger partial charge in [-0.05, 0) is 85.9 Å². The first kappa shape index (κ1) is 26.0. The lowest BCUT2D eigenvalue weighted by molar-refractivity contribution is -0.140. The van der Waals surface area contributed by atoms with Crippen molar-refractivity contribution < 1.29 is 22.7 Å². The minimum absolute atomic E-state index is 0.0320. The molecule has 0 bridgehead atoms. The van der Waals surface area contributed by atoms with Crippen LogP contribution in [0.2, 0.25) is 0 Å². The standard InChI is InChI=1S/C30H39F3O2/c1-2-3-4-5-6-7-20-8-10-21(11-9-20)22-12-14-23(15-13-22)30(34)35-25-16-17-26-24(18-25)19-27(31)29(33)28(26)32/h16-23H,2-15H2,1H3. The lowest BCUT2D eigenvalue weighted by Gasteiger charge is -2.37. The third-order valence-corrected chi connectivity index (χ3v) is 8.54. The molecule has 0 radical (unpaired) electrons. The molecule has 2 aromatic rings. The highest BCUT2D eigenvalue weighted by Crippen LogP contribution is 2.42. The molecule has 2 aliphatic rings. The average Bonchev–Trinajstić information content (AvgIpc) is 2.87. The number of ether oxygens (including phenoxy) is 1. The van der Waals surface area contributed by atoms with E-state index in [-0.39, 0.29) is 28.4 Å². The van der Waals surface area contributed by atoms with Gasteiger partial charge < -0.3 is 4.74 Å². The first-order valence-electron chi connectivity index (χ1n) is 13.7. The molecule has 0 heterocycles. The third-order valence-electron chi connectivity index (χ3n) is 8.54. The third kappa shape index (κ3) is 6.59. The van der Waals surface area contributed by atoms with Crippen LogP contribution in [0, 0.1) is 41.1 Å². The van der Waals surface area contributed by atoms with Gasteiger partial charge in [-0.2, -0.15) is 0 Å². The highest BCUT2D eigenvalue weighted by molar-refractivity contribution is 5.85. The Kier molecular flexibility index (Phi) is 9.13. The van der Waals surface area contributed by atoms with Crippen molar-refractivity contribution in [3.05, 3.63) is 41.7 Å². The fourth-order valence-electron chi connectivity index (χ4n) is 6.36. The van der Waals surface area contributed by atoms with E-state index < -0.39 is 17.5 Å². The normalized spacial score (nSPS) is 25.0. The predicted octanol–water partition coefficient (Wildman–Crippen LogP) is 9.14. The quantitative estimate of drug-likeness (QED) is 0.152. The zero-order valence-electron chi connectivity index (χ0n) is 21.0. The van der Waals surface area contributed by atoms with Crippen molar-refractivity contribution >= 4 is 16.7 Å². The summed E-state index contributed by atoms with van der Waals surface area (Å²) in [5, 5.41) is 0.141. The van der Waals surface area contributed by atoms with Gasteiger partial charge in [0.15, 0.2) is 17.5 Å². The Morgan fingerprint density at radius 3 is 2.17 bits per heavy atom. The summed E-state index contributed by atoms with van der Waals surface area (Å²) >= 11 is 0. The molecule has 192 valence electrons. The number of fused-ring (bicyclic) bond motifs is 1. The van der Waals surface area contributed by atoms with Gasteiger partial charge in [0, 0.05) is 5.39 Å². The molecular formula is C30H39F3O2. The number of carbonyl (C=O) groups excluding carboxylic acids is 1. The van der Waals surface area contributed by atoms with Crippen LogP contribution in [0.25, 0.3) is 10.8 Å². The smallest absolute Gasteiger partial charge is 0.314 e. The Balaban J connectivity index is 1.21. The molecule has 2 nitrogen and oxygen atoms in total. The number of rotatable bonds is 9. The van der Waals surface area contributed by atoms with Crippen LogP contribution in [0.15, 0.2) is 24.3 Å². The maximum Gasteiger partial charge on any atom is 0.314 e. The van der Waals surface area contributed by atoms with Crippen molar-refractivity contribution in [3.63, 3.8) is 0 Å². The van der Waals surface area contributed by atoms with Gasteiger partial charge in [-0.15, -0.1) is 0 Å². The van der Waals surface area contributed by atoms with Crippen LogP contribution in [0.4, 0.5) is 13.2 Å². The first-order chi connectivity index (χ1) is 17.0. The van der Waals surface area contributed by atoms with Gasteiger partial charge in [0.05, 0.1) is 5.92 Å². The Hall–Kier alpha value is -2.04. The molecule has 2 aliphatic carbocycles. The molecule has 5 heteroatoms. The maximum atomic E-state index is 13.9. The number of benzene rings is 2. The SMILES string of the molecule is CCCCCCCC1CCC(C2CCC(C(=O)Oc3ccc4c(F)c(F)c(F)cc4c3)CC2)CC1. The van der Waals surface area contributed by atoms with Gasteiger partial charge in [-0.25, -0.2) is 13.2 Å². The summed E-state index contributed by atoms with van der Waals surface area (Å²) in [6, 6.07) is 5.09. The average molecular weight is 489 g/mol. The highest BCUT2D eigenvalue weighted by Gasteiger charge is 2.33. The Bertz CT molecular complexity index is 989. The fraction of sp³-hybridized carbons (Fsp3) is 0.633. The van der Waals surface area contributed by atoms with Crippen LogP contribution in [-0.4, -0.2) is 5.97 Å². The zero-order chi connectivity index (χ0) is 24.8. The molecule has 2 saturated carbocycles. The van der Waals surface area contributed by atoms with Gasteiger partial charge in [0.25, 0.3) is 0 Å². The number of esters is 1. The molecule has 0 unspecified atom stereocenters. The molecule has 0 saturated heterocycles. The summed E-state index contributed by atoms with van der Waals surface area (Å²) in [4.78, 5) is 12.8. The molecular weight excluding hydrogens is 449 g/mol. The largest absolute Gasteiger partial charge is 0.426 e. The fourth-order valence-corrected chi connectivity index (χ4v) is 6.36. The van der Waals surface area contributed by atoms with E-state index in [9.17, 15) is 18.0 Å². The minimum atomic E-state index is -1.49. The van der Waals surface area contributed by atoms with Crippen molar-refractivity contribution in [1.29, 1.82) is 0 Å². The van der Waals surface area contributed by atoms with Crippen molar-refractivity contribution in [2.75, 3.05) is 0 Å². The summed E-state index contributed by atoms with van der Waals surface area (Å²) in [5.74, 6) is -1.71. The summed E-state index contributed by atoms with van der Waals surface area (Å²) < 4.78 is 46.5.